The molecule has 1 aliphatic heterocycles. The van der Waals surface area contributed by atoms with Crippen molar-refractivity contribution in [2.24, 2.45) is 0 Å². The summed E-state index contributed by atoms with van der Waals surface area (Å²) in [6, 6.07) is 10.6. The van der Waals surface area contributed by atoms with Gasteiger partial charge in [0, 0.05) is 13.0 Å². The van der Waals surface area contributed by atoms with Crippen molar-refractivity contribution in [3.8, 4) is 12.1 Å². The number of fused-ring (bicyclic) bond motifs is 1. The van der Waals surface area contributed by atoms with E-state index in [2.05, 4.69) is 4.98 Å². The van der Waals surface area contributed by atoms with Crippen LogP contribution in [0.4, 0.5) is 0 Å². The van der Waals surface area contributed by atoms with Crippen molar-refractivity contribution in [1.29, 1.82) is 10.5 Å². The number of amides is 1. The van der Waals surface area contributed by atoms with Crippen molar-refractivity contribution in [3.63, 3.8) is 0 Å². The quantitative estimate of drug-likeness (QED) is 0.756. The van der Waals surface area contributed by atoms with Crippen LogP contribution in [0.25, 0.3) is 0 Å². The number of nitriles is 2. The minimum absolute atomic E-state index is 0.0212. The van der Waals surface area contributed by atoms with E-state index in [0.29, 0.717) is 6.42 Å². The molecule has 0 spiro atoms. The average molecular weight is 349 g/mol. The van der Waals surface area contributed by atoms with E-state index in [4.69, 9.17) is 10.00 Å². The standard InChI is InChI=1S/C18H15N5O3/c1-26-18(25)15-6-12-4-2-3-5-13(12)9-23(15)17(24)10-22-11-21-14(7-19)16(22)8-20/h2-5,11,15H,6,9-10H2,1H3. The lowest BCUT2D eigenvalue weighted by Crippen LogP contribution is -2.50. The van der Waals surface area contributed by atoms with Gasteiger partial charge in [0.15, 0.2) is 11.4 Å². The smallest absolute Gasteiger partial charge is 0.328 e. The molecule has 1 aromatic carbocycles. The molecular formula is C18H15N5O3. The number of aromatic nitrogens is 2. The molecule has 1 amide bonds. The van der Waals surface area contributed by atoms with Gasteiger partial charge < -0.3 is 14.2 Å². The molecule has 8 heteroatoms. The molecule has 2 heterocycles. The molecule has 2 aromatic rings. The third kappa shape index (κ3) is 3.01. The summed E-state index contributed by atoms with van der Waals surface area (Å²) in [5.74, 6) is -0.843. The molecule has 0 saturated heterocycles. The minimum Gasteiger partial charge on any atom is -0.467 e. The summed E-state index contributed by atoms with van der Waals surface area (Å²) in [7, 11) is 1.29. The van der Waals surface area contributed by atoms with E-state index >= 15 is 0 Å². The molecule has 0 bridgehead atoms. The zero-order valence-electron chi connectivity index (χ0n) is 14.0. The van der Waals surface area contributed by atoms with Crippen molar-refractivity contribution < 1.29 is 14.3 Å². The molecule has 1 aliphatic rings. The maximum absolute atomic E-state index is 12.9. The van der Waals surface area contributed by atoms with Crippen LogP contribution in [0.15, 0.2) is 30.6 Å². The van der Waals surface area contributed by atoms with Crippen molar-refractivity contribution in [3.05, 3.63) is 53.1 Å². The highest BCUT2D eigenvalue weighted by Crippen LogP contribution is 2.24. The molecule has 1 unspecified atom stereocenters. The van der Waals surface area contributed by atoms with Gasteiger partial charge in [-0.15, -0.1) is 0 Å². The summed E-state index contributed by atoms with van der Waals surface area (Å²) in [6.45, 7) is 0.0870. The van der Waals surface area contributed by atoms with E-state index in [9.17, 15) is 14.9 Å². The van der Waals surface area contributed by atoms with Crippen LogP contribution >= 0.6 is 0 Å². The Kier molecular flexibility index (Phi) is 4.68. The minimum atomic E-state index is -0.730. The third-order valence-electron chi connectivity index (χ3n) is 4.40. The second-order valence-electron chi connectivity index (χ2n) is 5.83. The monoisotopic (exact) mass is 349 g/mol. The number of carbonyl (C=O) groups is 2. The summed E-state index contributed by atoms with van der Waals surface area (Å²) in [6.07, 6.45) is 1.65. The van der Waals surface area contributed by atoms with E-state index in [1.54, 1.807) is 0 Å². The fraction of sp³-hybridized carbons (Fsp3) is 0.278. The summed E-state index contributed by atoms with van der Waals surface area (Å²) < 4.78 is 6.17. The maximum Gasteiger partial charge on any atom is 0.328 e. The molecule has 0 N–H and O–H groups in total. The molecule has 8 nitrogen and oxygen atoms in total. The van der Waals surface area contributed by atoms with E-state index in [0.717, 1.165) is 11.1 Å². The average Bonchev–Trinajstić information content (AvgIpc) is 3.07. The van der Waals surface area contributed by atoms with Crippen molar-refractivity contribution in [2.45, 2.75) is 25.6 Å². The lowest BCUT2D eigenvalue weighted by molar-refractivity contribution is -0.154. The van der Waals surface area contributed by atoms with Crippen molar-refractivity contribution in [2.75, 3.05) is 7.11 Å². The number of methoxy groups -OCH3 is 1. The van der Waals surface area contributed by atoms with Crippen molar-refractivity contribution >= 4 is 11.9 Å². The largest absolute Gasteiger partial charge is 0.467 e. The Hall–Kier alpha value is -3.65. The lowest BCUT2D eigenvalue weighted by Gasteiger charge is -2.35. The van der Waals surface area contributed by atoms with E-state index in [-0.39, 0.29) is 30.4 Å². The maximum atomic E-state index is 12.9. The van der Waals surface area contributed by atoms with Crippen LogP contribution in [0.1, 0.15) is 22.5 Å². The molecular weight excluding hydrogens is 334 g/mol. The Bertz CT molecular complexity index is 950. The second kappa shape index (κ2) is 7.08. The Labute approximate surface area is 149 Å². The van der Waals surface area contributed by atoms with Crippen LogP contribution in [0.5, 0.6) is 0 Å². The van der Waals surface area contributed by atoms with Gasteiger partial charge in [-0.2, -0.15) is 10.5 Å². The summed E-state index contributed by atoms with van der Waals surface area (Å²) in [5.41, 5.74) is 1.95. The number of esters is 1. The van der Waals surface area contributed by atoms with Gasteiger partial charge in [0.1, 0.15) is 24.7 Å². The number of ether oxygens (including phenoxy) is 1. The van der Waals surface area contributed by atoms with E-state index in [1.807, 2.05) is 36.4 Å². The molecule has 26 heavy (non-hydrogen) atoms. The first kappa shape index (κ1) is 17.2. The molecule has 0 aliphatic carbocycles. The first-order valence-electron chi connectivity index (χ1n) is 7.88. The number of imidazole rings is 1. The number of rotatable bonds is 3. The SMILES string of the molecule is COC(=O)C1Cc2ccccc2CN1C(=O)Cn1cnc(C#N)c1C#N. The highest BCUT2D eigenvalue weighted by molar-refractivity contribution is 5.85. The van der Waals surface area contributed by atoms with E-state index < -0.39 is 12.0 Å². The molecule has 0 saturated carbocycles. The van der Waals surface area contributed by atoms with Gasteiger partial charge in [-0.25, -0.2) is 9.78 Å². The zero-order valence-corrected chi connectivity index (χ0v) is 14.0. The normalized spacial score (nSPS) is 15.5. The molecule has 1 atom stereocenters. The third-order valence-corrected chi connectivity index (χ3v) is 4.40. The zero-order chi connectivity index (χ0) is 18.7. The first-order valence-corrected chi connectivity index (χ1v) is 7.88. The fourth-order valence-electron chi connectivity index (χ4n) is 3.07. The van der Waals surface area contributed by atoms with E-state index in [1.165, 1.54) is 22.9 Å². The molecule has 1 aromatic heterocycles. The topological polar surface area (TPSA) is 112 Å². The molecule has 3 rings (SSSR count). The van der Waals surface area contributed by atoms with Gasteiger partial charge in [0.05, 0.1) is 13.4 Å². The van der Waals surface area contributed by atoms with Gasteiger partial charge in [0.2, 0.25) is 5.91 Å². The molecule has 130 valence electrons. The van der Waals surface area contributed by atoms with Gasteiger partial charge in [-0.05, 0) is 11.1 Å². The summed E-state index contributed by atoms with van der Waals surface area (Å²) in [4.78, 5) is 30.3. The lowest BCUT2D eigenvalue weighted by atomic mass is 9.94. The van der Waals surface area contributed by atoms with Gasteiger partial charge in [-0.1, -0.05) is 24.3 Å². The van der Waals surface area contributed by atoms with Gasteiger partial charge >= 0.3 is 5.97 Å². The van der Waals surface area contributed by atoms with Crippen LogP contribution in [0.2, 0.25) is 0 Å². The predicted octanol–water partition coefficient (Wildman–Crippen LogP) is 0.753. The van der Waals surface area contributed by atoms with Crippen LogP contribution in [0, 0.1) is 22.7 Å². The van der Waals surface area contributed by atoms with Crippen LogP contribution in [-0.4, -0.2) is 39.5 Å². The number of hydrogen-bond acceptors (Lipinski definition) is 6. The molecule has 0 radical (unpaired) electrons. The number of hydrogen-bond donors (Lipinski definition) is 0. The van der Waals surface area contributed by atoms with Crippen LogP contribution < -0.4 is 0 Å². The summed E-state index contributed by atoms with van der Waals surface area (Å²) in [5, 5.41) is 18.2. The highest BCUT2D eigenvalue weighted by Gasteiger charge is 2.35. The highest BCUT2D eigenvalue weighted by atomic mass is 16.5. The van der Waals surface area contributed by atoms with Gasteiger partial charge in [0.25, 0.3) is 0 Å². The van der Waals surface area contributed by atoms with Crippen molar-refractivity contribution in [1.82, 2.24) is 14.5 Å². The van der Waals surface area contributed by atoms with Gasteiger partial charge in [-0.3, -0.25) is 4.79 Å². The van der Waals surface area contributed by atoms with Crippen LogP contribution in [0.3, 0.4) is 0 Å². The number of nitrogens with zero attached hydrogens (tertiary/aromatic N) is 5. The Balaban J connectivity index is 1.89. The fourth-order valence-corrected chi connectivity index (χ4v) is 3.07. The Morgan fingerprint density at radius 1 is 1.27 bits per heavy atom. The predicted molar refractivity (Wildman–Crippen MR) is 88.2 cm³/mol. The Morgan fingerprint density at radius 3 is 2.65 bits per heavy atom. The van der Waals surface area contributed by atoms with Crippen LogP contribution in [-0.2, 0) is 33.8 Å². The summed E-state index contributed by atoms with van der Waals surface area (Å²) >= 11 is 0. The number of benzene rings is 1. The number of carbonyl (C=O) groups excluding carboxylic acids is 2. The molecule has 0 fully saturated rings. The first-order chi connectivity index (χ1) is 12.6. The Morgan fingerprint density at radius 2 is 2.00 bits per heavy atom. The second-order valence-corrected chi connectivity index (χ2v) is 5.83.